The fourth-order valence-corrected chi connectivity index (χ4v) is 4.48. The van der Waals surface area contributed by atoms with Crippen molar-refractivity contribution in [3.8, 4) is 0 Å². The Balaban J connectivity index is 1.93. The van der Waals surface area contributed by atoms with Crippen molar-refractivity contribution in [1.82, 2.24) is 4.98 Å². The summed E-state index contributed by atoms with van der Waals surface area (Å²) in [6, 6.07) is 8.72. The molecule has 3 rings (SSSR count). The second-order valence-corrected chi connectivity index (χ2v) is 7.85. The predicted octanol–water partition coefficient (Wildman–Crippen LogP) is 4.27. The second kappa shape index (κ2) is 7.72. The van der Waals surface area contributed by atoms with Gasteiger partial charge in [0.2, 0.25) is 0 Å². The molecule has 10 heteroatoms. The molecule has 1 aromatic heterocycles. The fraction of sp³-hybridized carbons (Fsp3) is 0.118. The van der Waals surface area contributed by atoms with Gasteiger partial charge in [0.05, 0.1) is 20.7 Å². The number of thioether (sulfide) groups is 1. The number of aromatic nitrogens is 1. The van der Waals surface area contributed by atoms with Crippen LogP contribution in [0.2, 0.25) is 0 Å². The average molecular weight is 403 g/mol. The lowest BCUT2D eigenvalue weighted by molar-refractivity contribution is -0.385. The first kappa shape index (κ1) is 18.8. The zero-order chi connectivity index (χ0) is 19.6. The van der Waals surface area contributed by atoms with Gasteiger partial charge in [0, 0.05) is 11.8 Å². The Kier molecular flexibility index (Phi) is 5.38. The number of nitro benzene ring substituents is 1. The molecule has 0 saturated carbocycles. The summed E-state index contributed by atoms with van der Waals surface area (Å²) in [7, 11) is 0. The highest BCUT2D eigenvalue weighted by atomic mass is 32.2. The third kappa shape index (κ3) is 3.91. The molecular weight excluding hydrogens is 390 g/mol. The number of carboxylic acids is 1. The third-order valence-electron chi connectivity index (χ3n) is 3.59. The molecule has 0 radical (unpaired) electrons. The molecule has 138 valence electrons. The van der Waals surface area contributed by atoms with E-state index in [9.17, 15) is 24.8 Å². The van der Waals surface area contributed by atoms with Gasteiger partial charge in [-0.25, -0.2) is 9.78 Å². The number of carbonyl (C=O) groups excluding carboxylic acids is 1. The number of fused-ring (bicyclic) bond motifs is 1. The summed E-state index contributed by atoms with van der Waals surface area (Å²) in [6.45, 7) is 2.03. The van der Waals surface area contributed by atoms with E-state index < -0.39 is 28.1 Å². The number of carboxylic acid groups (broad SMARTS) is 1. The van der Waals surface area contributed by atoms with Crippen LogP contribution in [0.4, 0.5) is 11.4 Å². The smallest absolute Gasteiger partial charge is 0.343 e. The SMILES string of the molecule is CCSc1nc2ccc(NC(=O)c3cccc([N+](=O)[O-])c3C(=O)O)cc2s1. The van der Waals surface area contributed by atoms with E-state index in [1.54, 1.807) is 30.0 Å². The highest BCUT2D eigenvalue weighted by Crippen LogP contribution is 2.31. The first-order chi connectivity index (χ1) is 12.9. The minimum atomic E-state index is -1.54. The van der Waals surface area contributed by atoms with Crippen LogP contribution in [0.25, 0.3) is 10.2 Å². The molecule has 0 unspecified atom stereocenters. The first-order valence-corrected chi connectivity index (χ1v) is 9.56. The maximum absolute atomic E-state index is 12.5. The summed E-state index contributed by atoms with van der Waals surface area (Å²) in [5, 5.41) is 23.0. The van der Waals surface area contributed by atoms with Gasteiger partial charge in [0.15, 0.2) is 4.34 Å². The van der Waals surface area contributed by atoms with Gasteiger partial charge in [-0.3, -0.25) is 14.9 Å². The number of nitrogens with one attached hydrogen (secondary N) is 1. The van der Waals surface area contributed by atoms with Gasteiger partial charge in [0.25, 0.3) is 11.6 Å². The quantitative estimate of drug-likeness (QED) is 0.358. The lowest BCUT2D eigenvalue weighted by Gasteiger charge is -2.08. The highest BCUT2D eigenvalue weighted by molar-refractivity contribution is 8.01. The minimum Gasteiger partial charge on any atom is -0.477 e. The van der Waals surface area contributed by atoms with E-state index in [0.29, 0.717) is 5.69 Å². The van der Waals surface area contributed by atoms with Gasteiger partial charge in [-0.2, -0.15) is 0 Å². The topological polar surface area (TPSA) is 122 Å². The molecule has 0 atom stereocenters. The van der Waals surface area contributed by atoms with Crippen molar-refractivity contribution in [3.63, 3.8) is 0 Å². The largest absolute Gasteiger partial charge is 0.477 e. The maximum Gasteiger partial charge on any atom is 0.343 e. The number of nitro groups is 1. The van der Waals surface area contributed by atoms with E-state index >= 15 is 0 Å². The number of benzene rings is 2. The van der Waals surface area contributed by atoms with Gasteiger partial charge in [-0.15, -0.1) is 11.3 Å². The van der Waals surface area contributed by atoms with Crippen molar-refractivity contribution in [3.05, 3.63) is 57.6 Å². The molecule has 2 aromatic carbocycles. The summed E-state index contributed by atoms with van der Waals surface area (Å²) in [5.41, 5.74) is -0.291. The zero-order valence-corrected chi connectivity index (χ0v) is 15.6. The van der Waals surface area contributed by atoms with Crippen LogP contribution in [0.1, 0.15) is 27.6 Å². The lowest BCUT2D eigenvalue weighted by Crippen LogP contribution is -2.17. The van der Waals surface area contributed by atoms with E-state index in [2.05, 4.69) is 10.3 Å². The molecule has 8 nitrogen and oxygen atoms in total. The Labute approximate surface area is 161 Å². The Morgan fingerprint density at radius 1 is 1.33 bits per heavy atom. The molecule has 0 aliphatic carbocycles. The number of hydrogen-bond acceptors (Lipinski definition) is 7. The van der Waals surface area contributed by atoms with E-state index in [0.717, 1.165) is 26.4 Å². The summed E-state index contributed by atoms with van der Waals surface area (Å²) in [6.07, 6.45) is 0. The molecule has 2 N–H and O–H groups in total. The Hall–Kier alpha value is -2.98. The van der Waals surface area contributed by atoms with Crippen molar-refractivity contribution >= 4 is 56.6 Å². The number of thiazole rings is 1. The number of hydrogen-bond donors (Lipinski definition) is 2. The van der Waals surface area contributed by atoms with Gasteiger partial charge >= 0.3 is 5.97 Å². The molecule has 0 spiro atoms. The van der Waals surface area contributed by atoms with Crippen LogP contribution in [0.5, 0.6) is 0 Å². The molecule has 0 aliphatic rings. The van der Waals surface area contributed by atoms with Gasteiger partial charge < -0.3 is 10.4 Å². The monoisotopic (exact) mass is 403 g/mol. The molecule has 1 heterocycles. The maximum atomic E-state index is 12.5. The lowest BCUT2D eigenvalue weighted by atomic mass is 10.0. The molecule has 0 bridgehead atoms. The number of nitrogens with zero attached hydrogens (tertiary/aromatic N) is 2. The van der Waals surface area contributed by atoms with Crippen LogP contribution in [0.3, 0.4) is 0 Å². The molecule has 27 heavy (non-hydrogen) atoms. The average Bonchev–Trinajstić information content (AvgIpc) is 3.02. The normalized spacial score (nSPS) is 10.7. The molecule has 0 saturated heterocycles. The predicted molar refractivity (Wildman–Crippen MR) is 104 cm³/mol. The number of anilines is 1. The second-order valence-electron chi connectivity index (χ2n) is 5.31. The van der Waals surface area contributed by atoms with E-state index in [-0.39, 0.29) is 5.56 Å². The number of rotatable bonds is 6. The van der Waals surface area contributed by atoms with Gasteiger partial charge in [-0.1, -0.05) is 24.8 Å². The zero-order valence-electron chi connectivity index (χ0n) is 14.0. The number of amides is 1. The van der Waals surface area contributed by atoms with Crippen LogP contribution in [0.15, 0.2) is 40.7 Å². The summed E-state index contributed by atoms with van der Waals surface area (Å²) < 4.78 is 1.80. The Morgan fingerprint density at radius 2 is 2.11 bits per heavy atom. The van der Waals surface area contributed by atoms with Crippen LogP contribution in [-0.2, 0) is 0 Å². The fourth-order valence-electron chi connectivity index (χ4n) is 2.47. The number of aromatic carboxylic acids is 1. The Morgan fingerprint density at radius 3 is 2.78 bits per heavy atom. The molecule has 0 aliphatic heterocycles. The van der Waals surface area contributed by atoms with E-state index in [1.165, 1.54) is 23.5 Å². The van der Waals surface area contributed by atoms with Crippen LogP contribution < -0.4 is 5.32 Å². The summed E-state index contributed by atoms with van der Waals surface area (Å²) in [5.74, 6) is -1.37. The van der Waals surface area contributed by atoms with Crippen molar-refractivity contribution in [1.29, 1.82) is 0 Å². The molecule has 1 amide bonds. The van der Waals surface area contributed by atoms with E-state index in [1.807, 2.05) is 6.92 Å². The highest BCUT2D eigenvalue weighted by Gasteiger charge is 2.27. The molecule has 3 aromatic rings. The van der Waals surface area contributed by atoms with Crippen molar-refractivity contribution in [2.45, 2.75) is 11.3 Å². The van der Waals surface area contributed by atoms with Crippen molar-refractivity contribution in [2.24, 2.45) is 0 Å². The molecular formula is C17H13N3O5S2. The first-order valence-electron chi connectivity index (χ1n) is 7.76. The summed E-state index contributed by atoms with van der Waals surface area (Å²) >= 11 is 3.11. The van der Waals surface area contributed by atoms with Crippen LogP contribution >= 0.6 is 23.1 Å². The third-order valence-corrected chi connectivity index (χ3v) is 5.64. The van der Waals surface area contributed by atoms with Gasteiger partial charge in [-0.05, 0) is 30.0 Å². The van der Waals surface area contributed by atoms with Gasteiger partial charge in [0.1, 0.15) is 5.56 Å². The van der Waals surface area contributed by atoms with Crippen LogP contribution in [0, 0.1) is 10.1 Å². The van der Waals surface area contributed by atoms with E-state index in [4.69, 9.17) is 0 Å². The summed E-state index contributed by atoms with van der Waals surface area (Å²) in [4.78, 5) is 38.7. The van der Waals surface area contributed by atoms with Crippen LogP contribution in [-0.4, -0.2) is 32.6 Å². The Bertz CT molecular complexity index is 1060. The molecule has 0 fully saturated rings. The standard InChI is InChI=1S/C17H13N3O5S2/c1-2-26-17-19-11-7-6-9(8-13(11)27-17)18-15(21)10-4-3-5-12(20(24)25)14(10)16(22)23/h3-8H,2H2,1H3,(H,18,21)(H,22,23). The van der Waals surface area contributed by atoms with Crippen molar-refractivity contribution < 1.29 is 19.6 Å². The van der Waals surface area contributed by atoms with Crippen molar-refractivity contribution in [2.75, 3.05) is 11.1 Å². The minimum absolute atomic E-state index is 0.275. The number of carbonyl (C=O) groups is 2.